The second-order valence-electron chi connectivity index (χ2n) is 6.77. The quantitative estimate of drug-likeness (QED) is 0.578. The predicted molar refractivity (Wildman–Crippen MR) is 103 cm³/mol. The predicted octanol–water partition coefficient (Wildman–Crippen LogP) is 2.42. The number of aryl methyl sites for hydroxylation is 2. The lowest BCUT2D eigenvalue weighted by Gasteiger charge is -2.12. The molecule has 1 aromatic heterocycles. The van der Waals surface area contributed by atoms with Gasteiger partial charge in [-0.3, -0.25) is 4.79 Å². The van der Waals surface area contributed by atoms with E-state index in [1.807, 2.05) is 40.1 Å². The van der Waals surface area contributed by atoms with Crippen LogP contribution < -0.4 is 15.7 Å². The number of methoxy groups -OCH3 is 1. The van der Waals surface area contributed by atoms with Gasteiger partial charge in [-0.1, -0.05) is 0 Å². The van der Waals surface area contributed by atoms with Crippen LogP contribution >= 0.6 is 0 Å². The minimum atomic E-state index is -0.383. The Hall–Kier alpha value is -2.34. The molecule has 2 rings (SSSR count). The molecule has 1 aromatic carbocycles. The first-order valence-corrected chi connectivity index (χ1v) is 8.86. The Morgan fingerprint density at radius 2 is 1.96 bits per heavy atom. The summed E-state index contributed by atoms with van der Waals surface area (Å²) in [6.45, 7) is 5.33. The molecule has 0 atom stereocenters. The Kier molecular flexibility index (Phi) is 6.80. The van der Waals surface area contributed by atoms with E-state index in [0.29, 0.717) is 29.9 Å². The molecule has 0 saturated carbocycles. The number of carbonyl (C=O) groups is 1. The van der Waals surface area contributed by atoms with Crippen LogP contribution in [0.15, 0.2) is 21.3 Å². The second kappa shape index (κ2) is 8.85. The van der Waals surface area contributed by atoms with E-state index in [1.165, 1.54) is 0 Å². The lowest BCUT2D eigenvalue weighted by atomic mass is 10.0. The Morgan fingerprint density at radius 1 is 1.23 bits per heavy atom. The largest absolute Gasteiger partial charge is 0.496 e. The fourth-order valence-electron chi connectivity index (χ4n) is 3.03. The van der Waals surface area contributed by atoms with Crippen molar-refractivity contribution in [1.29, 1.82) is 0 Å². The molecule has 6 heteroatoms. The van der Waals surface area contributed by atoms with Gasteiger partial charge in [-0.15, -0.1) is 0 Å². The second-order valence-corrected chi connectivity index (χ2v) is 6.77. The number of fused-ring (bicyclic) bond motifs is 1. The zero-order valence-corrected chi connectivity index (χ0v) is 16.3. The third-order valence-electron chi connectivity index (χ3n) is 4.58. The number of nitrogens with one attached hydrogen (secondary N) is 1. The van der Waals surface area contributed by atoms with Crippen LogP contribution in [-0.4, -0.2) is 45.1 Å². The number of carbonyl (C=O) groups excluding carboxylic acids is 1. The van der Waals surface area contributed by atoms with Crippen LogP contribution in [0.5, 0.6) is 5.75 Å². The number of amides is 1. The molecule has 0 aliphatic carbocycles. The van der Waals surface area contributed by atoms with E-state index in [2.05, 4.69) is 10.2 Å². The van der Waals surface area contributed by atoms with Gasteiger partial charge in [0.1, 0.15) is 11.3 Å². The van der Waals surface area contributed by atoms with Crippen molar-refractivity contribution in [3.63, 3.8) is 0 Å². The summed E-state index contributed by atoms with van der Waals surface area (Å²) >= 11 is 0. The molecule has 0 spiro atoms. The van der Waals surface area contributed by atoms with Crippen molar-refractivity contribution in [2.75, 3.05) is 34.3 Å². The first kappa shape index (κ1) is 20.0. The van der Waals surface area contributed by atoms with E-state index in [4.69, 9.17) is 9.15 Å². The van der Waals surface area contributed by atoms with Crippen LogP contribution in [-0.2, 0) is 11.2 Å². The standard InChI is InChI=1S/C20H28N2O4/c1-13-15-7-9-17(25-5)14(2)19(15)26-20(24)16(13)8-10-18(23)21-11-6-12-22(3)4/h7,9H,6,8,10-12H2,1-5H3,(H,21,23). The van der Waals surface area contributed by atoms with Crippen molar-refractivity contribution in [2.45, 2.75) is 33.1 Å². The molecular weight excluding hydrogens is 332 g/mol. The summed E-state index contributed by atoms with van der Waals surface area (Å²) in [7, 11) is 5.59. The molecular formula is C20H28N2O4. The summed E-state index contributed by atoms with van der Waals surface area (Å²) in [6.07, 6.45) is 1.54. The van der Waals surface area contributed by atoms with Gasteiger partial charge < -0.3 is 19.4 Å². The highest BCUT2D eigenvalue weighted by Gasteiger charge is 2.15. The van der Waals surface area contributed by atoms with Gasteiger partial charge in [-0.25, -0.2) is 4.79 Å². The van der Waals surface area contributed by atoms with Gasteiger partial charge in [0.05, 0.1) is 7.11 Å². The Morgan fingerprint density at radius 3 is 2.62 bits per heavy atom. The summed E-state index contributed by atoms with van der Waals surface area (Å²) in [5.41, 5.74) is 2.39. The first-order valence-electron chi connectivity index (χ1n) is 8.86. The molecule has 142 valence electrons. The fourth-order valence-corrected chi connectivity index (χ4v) is 3.03. The lowest BCUT2D eigenvalue weighted by molar-refractivity contribution is -0.121. The number of ether oxygens (including phenoxy) is 1. The van der Waals surface area contributed by atoms with E-state index in [9.17, 15) is 9.59 Å². The monoisotopic (exact) mass is 360 g/mol. The van der Waals surface area contributed by atoms with Gasteiger partial charge in [0, 0.05) is 29.5 Å². The van der Waals surface area contributed by atoms with Crippen molar-refractivity contribution in [3.05, 3.63) is 39.2 Å². The molecule has 0 radical (unpaired) electrons. The maximum absolute atomic E-state index is 12.4. The third-order valence-corrected chi connectivity index (χ3v) is 4.58. The number of nitrogens with zero attached hydrogens (tertiary/aromatic N) is 1. The topological polar surface area (TPSA) is 71.8 Å². The van der Waals surface area contributed by atoms with Gasteiger partial charge >= 0.3 is 5.63 Å². The van der Waals surface area contributed by atoms with E-state index in [0.717, 1.165) is 29.5 Å². The van der Waals surface area contributed by atoms with Crippen LogP contribution in [0, 0.1) is 13.8 Å². The Labute approximate surface area is 154 Å². The van der Waals surface area contributed by atoms with Crippen LogP contribution in [0.25, 0.3) is 11.0 Å². The molecule has 6 nitrogen and oxygen atoms in total. The van der Waals surface area contributed by atoms with Crippen molar-refractivity contribution in [1.82, 2.24) is 10.2 Å². The van der Waals surface area contributed by atoms with Crippen LogP contribution in [0.4, 0.5) is 0 Å². The van der Waals surface area contributed by atoms with Gasteiger partial charge in [0.25, 0.3) is 0 Å². The maximum Gasteiger partial charge on any atom is 0.339 e. The summed E-state index contributed by atoms with van der Waals surface area (Å²) in [4.78, 5) is 26.5. The zero-order valence-electron chi connectivity index (χ0n) is 16.3. The molecule has 0 unspecified atom stereocenters. The Bertz CT molecular complexity index is 840. The van der Waals surface area contributed by atoms with Crippen LogP contribution in [0.2, 0.25) is 0 Å². The van der Waals surface area contributed by atoms with Crippen molar-refractivity contribution in [3.8, 4) is 5.75 Å². The first-order chi connectivity index (χ1) is 12.3. The van der Waals surface area contributed by atoms with E-state index in [-0.39, 0.29) is 18.0 Å². The lowest BCUT2D eigenvalue weighted by Crippen LogP contribution is -2.27. The van der Waals surface area contributed by atoms with Gasteiger partial charge in [0.15, 0.2) is 0 Å². The highest BCUT2D eigenvalue weighted by Crippen LogP contribution is 2.29. The molecule has 0 fully saturated rings. The van der Waals surface area contributed by atoms with Crippen molar-refractivity contribution >= 4 is 16.9 Å². The van der Waals surface area contributed by atoms with E-state index >= 15 is 0 Å². The van der Waals surface area contributed by atoms with Gasteiger partial charge in [0.2, 0.25) is 5.91 Å². The summed E-state index contributed by atoms with van der Waals surface area (Å²) in [5.74, 6) is 0.637. The smallest absolute Gasteiger partial charge is 0.339 e. The average molecular weight is 360 g/mol. The molecule has 1 heterocycles. The third kappa shape index (κ3) is 4.64. The maximum atomic E-state index is 12.4. The highest BCUT2D eigenvalue weighted by atomic mass is 16.5. The summed E-state index contributed by atoms with van der Waals surface area (Å²) < 4.78 is 10.8. The van der Waals surface area contributed by atoms with Crippen molar-refractivity contribution in [2.24, 2.45) is 0 Å². The molecule has 0 bridgehead atoms. The molecule has 0 saturated heterocycles. The number of benzene rings is 1. The summed E-state index contributed by atoms with van der Waals surface area (Å²) in [6, 6.07) is 3.76. The van der Waals surface area contributed by atoms with E-state index in [1.54, 1.807) is 7.11 Å². The van der Waals surface area contributed by atoms with Crippen molar-refractivity contribution < 1.29 is 13.9 Å². The molecule has 2 aromatic rings. The minimum Gasteiger partial charge on any atom is -0.496 e. The summed E-state index contributed by atoms with van der Waals surface area (Å²) in [5, 5.41) is 3.77. The van der Waals surface area contributed by atoms with Crippen LogP contribution in [0.3, 0.4) is 0 Å². The number of rotatable bonds is 8. The number of hydrogen-bond acceptors (Lipinski definition) is 5. The molecule has 1 amide bonds. The molecule has 0 aliphatic heterocycles. The zero-order chi connectivity index (χ0) is 19.3. The normalized spacial score (nSPS) is 11.2. The number of hydrogen-bond donors (Lipinski definition) is 1. The van der Waals surface area contributed by atoms with Crippen LogP contribution in [0.1, 0.15) is 29.5 Å². The van der Waals surface area contributed by atoms with E-state index < -0.39 is 0 Å². The SMILES string of the molecule is COc1ccc2c(C)c(CCC(=O)NCCCN(C)C)c(=O)oc2c1C. The Balaban J connectivity index is 2.10. The molecule has 0 aliphatic rings. The molecule has 26 heavy (non-hydrogen) atoms. The average Bonchev–Trinajstić information content (AvgIpc) is 2.59. The molecule has 1 N–H and O–H groups in total. The minimum absolute atomic E-state index is 0.0476. The van der Waals surface area contributed by atoms with Gasteiger partial charge in [-0.05, 0) is 65.0 Å². The fraction of sp³-hybridized carbons (Fsp3) is 0.500. The van der Waals surface area contributed by atoms with Gasteiger partial charge in [-0.2, -0.15) is 0 Å². The highest BCUT2D eigenvalue weighted by molar-refractivity contribution is 5.85.